The van der Waals surface area contributed by atoms with Gasteiger partial charge in [-0.25, -0.2) is 4.79 Å². The Morgan fingerprint density at radius 1 is 1.42 bits per heavy atom. The smallest absolute Gasteiger partial charge is 0.407 e. The molecule has 0 aromatic rings. The molecule has 1 atom stereocenters. The van der Waals surface area contributed by atoms with Crippen LogP contribution in [0.25, 0.3) is 0 Å². The van der Waals surface area contributed by atoms with Crippen molar-refractivity contribution in [3.8, 4) is 0 Å². The number of hydrogen-bond acceptors (Lipinski definition) is 4. The van der Waals surface area contributed by atoms with Crippen molar-refractivity contribution in [2.45, 2.75) is 33.3 Å². The molecule has 0 aliphatic rings. The molecule has 0 radical (unpaired) electrons. The van der Waals surface area contributed by atoms with Crippen molar-refractivity contribution in [2.75, 3.05) is 6.54 Å². The van der Waals surface area contributed by atoms with Gasteiger partial charge in [0, 0.05) is 6.54 Å². The summed E-state index contributed by atoms with van der Waals surface area (Å²) in [4.78, 5) is 22.4. The number of rotatable bonds is 5. The van der Waals surface area contributed by atoms with Gasteiger partial charge in [-0.1, -0.05) is 6.08 Å². The highest BCUT2D eigenvalue weighted by Gasteiger charge is 2.19. The van der Waals surface area contributed by atoms with E-state index in [2.05, 4.69) is 5.32 Å². The first-order valence-electron chi connectivity index (χ1n) is 5.94. The van der Waals surface area contributed by atoms with Gasteiger partial charge >= 0.3 is 12.1 Å². The average molecular weight is 270 g/mol. The number of aliphatic carboxylic acids is 1. The predicted molar refractivity (Wildman–Crippen MR) is 72.4 cm³/mol. The second-order valence-electron chi connectivity index (χ2n) is 5.04. The van der Waals surface area contributed by atoms with Crippen LogP contribution in [0.2, 0.25) is 0 Å². The van der Waals surface area contributed by atoms with E-state index in [4.69, 9.17) is 15.6 Å². The predicted octanol–water partition coefficient (Wildman–Crippen LogP) is 1.63. The van der Waals surface area contributed by atoms with Crippen molar-refractivity contribution in [3.05, 3.63) is 23.9 Å². The van der Waals surface area contributed by atoms with Gasteiger partial charge in [-0.3, -0.25) is 4.79 Å². The molecule has 0 bridgehead atoms. The molecule has 0 fully saturated rings. The number of carboxylic acid groups (broad SMARTS) is 1. The fraction of sp³-hybridized carbons (Fsp3) is 0.538. The van der Waals surface area contributed by atoms with E-state index >= 15 is 0 Å². The van der Waals surface area contributed by atoms with E-state index in [1.165, 1.54) is 19.2 Å². The number of ether oxygens (including phenoxy) is 1. The minimum absolute atomic E-state index is 0.0900. The van der Waals surface area contributed by atoms with E-state index in [1.807, 2.05) is 0 Å². The molecule has 0 saturated carbocycles. The van der Waals surface area contributed by atoms with Crippen LogP contribution >= 0.6 is 0 Å². The lowest BCUT2D eigenvalue weighted by atomic mass is 10.0. The van der Waals surface area contributed by atoms with Crippen LogP contribution in [-0.2, 0) is 9.53 Å². The number of amides is 1. The summed E-state index contributed by atoms with van der Waals surface area (Å²) in [5.74, 6) is -1.69. The summed E-state index contributed by atoms with van der Waals surface area (Å²) in [6.07, 6.45) is 3.79. The summed E-state index contributed by atoms with van der Waals surface area (Å²) in [6.45, 7) is 6.88. The standard InChI is InChI=1S/C13H22N2O4/c1-9(11(16)17)10(6-5-7-14)8-15-12(18)19-13(2,3)4/h5-7,9H,8,14H2,1-4H3,(H,15,18)(H,16,17)/b7-5-,10-6-. The first kappa shape index (κ1) is 17.0. The highest BCUT2D eigenvalue weighted by molar-refractivity contribution is 5.74. The number of carboxylic acids is 1. The van der Waals surface area contributed by atoms with Crippen LogP contribution in [0.3, 0.4) is 0 Å². The van der Waals surface area contributed by atoms with Gasteiger partial charge in [-0.05, 0) is 45.5 Å². The monoisotopic (exact) mass is 270 g/mol. The largest absolute Gasteiger partial charge is 0.481 e. The Labute approximate surface area is 113 Å². The molecule has 0 aromatic heterocycles. The molecule has 108 valence electrons. The Kier molecular flexibility index (Phi) is 6.68. The quantitative estimate of drug-likeness (QED) is 0.659. The maximum absolute atomic E-state index is 11.5. The van der Waals surface area contributed by atoms with Crippen LogP contribution in [0, 0.1) is 5.92 Å². The Morgan fingerprint density at radius 3 is 2.42 bits per heavy atom. The van der Waals surface area contributed by atoms with Gasteiger partial charge in [-0.15, -0.1) is 0 Å². The van der Waals surface area contributed by atoms with E-state index in [0.717, 1.165) is 0 Å². The molecule has 4 N–H and O–H groups in total. The summed E-state index contributed by atoms with van der Waals surface area (Å²) in [5.41, 5.74) is 5.14. The van der Waals surface area contributed by atoms with Gasteiger partial charge in [0.15, 0.2) is 0 Å². The molecule has 0 saturated heterocycles. The fourth-order valence-corrected chi connectivity index (χ4v) is 1.18. The number of alkyl carbamates (subject to hydrolysis) is 1. The zero-order chi connectivity index (χ0) is 15.1. The molecule has 0 rings (SSSR count). The van der Waals surface area contributed by atoms with Gasteiger partial charge in [0.2, 0.25) is 0 Å². The number of hydrogen-bond donors (Lipinski definition) is 3. The number of nitrogens with one attached hydrogen (secondary N) is 1. The van der Waals surface area contributed by atoms with Gasteiger partial charge in [0.05, 0.1) is 5.92 Å². The molecule has 0 aliphatic carbocycles. The van der Waals surface area contributed by atoms with Crippen LogP contribution in [0.15, 0.2) is 23.9 Å². The highest BCUT2D eigenvalue weighted by Crippen LogP contribution is 2.11. The number of nitrogens with two attached hydrogens (primary N) is 1. The molecule has 1 amide bonds. The number of carbonyl (C=O) groups is 2. The SMILES string of the molecule is CC(C(=O)O)/C(=C\C=C/N)CNC(=O)OC(C)(C)C. The minimum atomic E-state index is -0.970. The molecular formula is C13H22N2O4. The van der Waals surface area contributed by atoms with E-state index in [1.54, 1.807) is 26.8 Å². The van der Waals surface area contributed by atoms with Crippen LogP contribution in [-0.4, -0.2) is 29.3 Å². The molecule has 1 unspecified atom stereocenters. The van der Waals surface area contributed by atoms with E-state index in [9.17, 15) is 9.59 Å². The zero-order valence-electron chi connectivity index (χ0n) is 11.8. The third kappa shape index (κ3) is 7.86. The fourth-order valence-electron chi connectivity index (χ4n) is 1.18. The van der Waals surface area contributed by atoms with Crippen LogP contribution in [0.1, 0.15) is 27.7 Å². The molecule has 0 spiro atoms. The van der Waals surface area contributed by atoms with E-state index in [0.29, 0.717) is 5.57 Å². The van der Waals surface area contributed by atoms with Gasteiger partial charge in [0.1, 0.15) is 5.60 Å². The lowest BCUT2D eigenvalue weighted by Gasteiger charge is -2.20. The molecule has 0 heterocycles. The third-order valence-corrected chi connectivity index (χ3v) is 2.18. The lowest BCUT2D eigenvalue weighted by Crippen LogP contribution is -2.34. The Balaban J connectivity index is 4.60. The van der Waals surface area contributed by atoms with Crippen molar-refractivity contribution in [1.29, 1.82) is 0 Å². The van der Waals surface area contributed by atoms with Crippen LogP contribution < -0.4 is 11.1 Å². The lowest BCUT2D eigenvalue weighted by molar-refractivity contribution is -0.139. The second-order valence-corrected chi connectivity index (χ2v) is 5.04. The van der Waals surface area contributed by atoms with Crippen LogP contribution in [0.5, 0.6) is 0 Å². The number of carbonyl (C=O) groups excluding carboxylic acids is 1. The van der Waals surface area contributed by atoms with E-state index < -0.39 is 23.6 Å². The van der Waals surface area contributed by atoms with Crippen molar-refractivity contribution in [3.63, 3.8) is 0 Å². The average Bonchev–Trinajstić information content (AvgIpc) is 2.25. The Hall–Kier alpha value is -1.98. The van der Waals surface area contributed by atoms with Gasteiger partial charge in [0.25, 0.3) is 0 Å². The van der Waals surface area contributed by atoms with Crippen molar-refractivity contribution in [1.82, 2.24) is 5.32 Å². The molecule has 19 heavy (non-hydrogen) atoms. The maximum Gasteiger partial charge on any atom is 0.407 e. The summed E-state index contributed by atoms with van der Waals surface area (Å²) in [7, 11) is 0. The summed E-state index contributed by atoms with van der Waals surface area (Å²) in [6, 6.07) is 0. The first-order valence-corrected chi connectivity index (χ1v) is 5.94. The maximum atomic E-state index is 11.5. The van der Waals surface area contributed by atoms with Gasteiger partial charge < -0.3 is 20.9 Å². The summed E-state index contributed by atoms with van der Waals surface area (Å²) in [5, 5.41) is 11.5. The topological polar surface area (TPSA) is 102 Å². The Morgan fingerprint density at radius 2 is 2.00 bits per heavy atom. The van der Waals surface area contributed by atoms with Crippen molar-refractivity contribution < 1.29 is 19.4 Å². The minimum Gasteiger partial charge on any atom is -0.481 e. The van der Waals surface area contributed by atoms with Crippen LogP contribution in [0.4, 0.5) is 4.79 Å². The summed E-state index contributed by atoms with van der Waals surface area (Å²) >= 11 is 0. The van der Waals surface area contributed by atoms with E-state index in [-0.39, 0.29) is 6.54 Å². The number of allylic oxidation sites excluding steroid dienone is 2. The normalized spacial score (nSPS) is 14.2. The zero-order valence-corrected chi connectivity index (χ0v) is 11.8. The molecular weight excluding hydrogens is 248 g/mol. The molecule has 0 aromatic carbocycles. The van der Waals surface area contributed by atoms with Crippen molar-refractivity contribution in [2.24, 2.45) is 11.7 Å². The molecule has 0 aliphatic heterocycles. The molecule has 6 heteroatoms. The van der Waals surface area contributed by atoms with Crippen molar-refractivity contribution >= 4 is 12.1 Å². The first-order chi connectivity index (χ1) is 8.67. The van der Waals surface area contributed by atoms with Gasteiger partial charge in [-0.2, -0.15) is 0 Å². The molecule has 6 nitrogen and oxygen atoms in total. The highest BCUT2D eigenvalue weighted by atomic mass is 16.6. The second kappa shape index (κ2) is 7.45. The third-order valence-electron chi connectivity index (χ3n) is 2.18. The summed E-state index contributed by atoms with van der Waals surface area (Å²) < 4.78 is 5.07. The Bertz CT molecular complexity index is 381.